The number of imide groups is 1. The van der Waals surface area contributed by atoms with Gasteiger partial charge in [0.05, 0.1) is 4.88 Å². The number of thiophene rings is 1. The summed E-state index contributed by atoms with van der Waals surface area (Å²) in [5.41, 5.74) is -0.714. The summed E-state index contributed by atoms with van der Waals surface area (Å²) in [6.07, 6.45) is 3.15. The van der Waals surface area contributed by atoms with Gasteiger partial charge in [-0.1, -0.05) is 11.2 Å². The van der Waals surface area contributed by atoms with Crippen molar-refractivity contribution in [3.63, 3.8) is 0 Å². The van der Waals surface area contributed by atoms with Gasteiger partial charge < -0.3 is 9.84 Å². The number of aromatic nitrogens is 2. The average molecular weight is 346 g/mol. The van der Waals surface area contributed by atoms with Crippen molar-refractivity contribution in [3.05, 3.63) is 23.4 Å². The summed E-state index contributed by atoms with van der Waals surface area (Å²) in [5, 5.41) is 8.77. The van der Waals surface area contributed by atoms with Crippen LogP contribution >= 0.6 is 11.3 Å². The maximum absolute atomic E-state index is 12.5. The van der Waals surface area contributed by atoms with E-state index < -0.39 is 5.54 Å². The van der Waals surface area contributed by atoms with Gasteiger partial charge in [0.1, 0.15) is 5.54 Å². The number of hydrogen-bond acceptors (Lipinski definition) is 6. The highest BCUT2D eigenvalue weighted by Crippen LogP contribution is 2.42. The molecule has 8 heteroatoms. The lowest BCUT2D eigenvalue weighted by atomic mass is 9.96. The molecule has 1 aliphatic carbocycles. The molecule has 3 amide bonds. The summed E-state index contributed by atoms with van der Waals surface area (Å²) < 4.78 is 5.24. The van der Waals surface area contributed by atoms with Crippen LogP contribution in [0.25, 0.3) is 10.7 Å². The Morgan fingerprint density at radius 1 is 1.46 bits per heavy atom. The first kappa shape index (κ1) is 15.3. The second kappa shape index (κ2) is 5.70. The van der Waals surface area contributed by atoms with Crippen molar-refractivity contribution in [2.45, 2.75) is 38.1 Å². The van der Waals surface area contributed by atoms with Crippen LogP contribution in [-0.2, 0) is 11.2 Å². The molecule has 1 aliphatic heterocycles. The van der Waals surface area contributed by atoms with E-state index in [9.17, 15) is 9.59 Å². The number of hydrogen-bond donors (Lipinski definition) is 1. The van der Waals surface area contributed by atoms with Crippen LogP contribution in [0.5, 0.6) is 0 Å². The number of carbonyl (C=O) groups excluding carboxylic acids is 2. The fourth-order valence-electron chi connectivity index (χ4n) is 3.11. The molecule has 0 aromatic carbocycles. The Labute approximate surface area is 143 Å². The molecule has 0 bridgehead atoms. The topological polar surface area (TPSA) is 88.3 Å². The standard InChI is InChI=1S/C16H18N4O3S/c1-16(10-6-7-10)14(21)20(15(22)18-16)8-2-5-12-17-13(19-23-12)11-4-3-9-24-11/h3-4,9-10H,2,5-8H2,1H3,(H,18,22). The minimum absolute atomic E-state index is 0.111. The van der Waals surface area contributed by atoms with Crippen LogP contribution in [0, 0.1) is 5.92 Å². The van der Waals surface area contributed by atoms with Crippen LogP contribution in [0.3, 0.4) is 0 Å². The van der Waals surface area contributed by atoms with E-state index in [1.807, 2.05) is 24.4 Å². The van der Waals surface area contributed by atoms with Crippen molar-refractivity contribution in [3.8, 4) is 10.7 Å². The highest BCUT2D eigenvalue weighted by atomic mass is 32.1. The molecule has 1 saturated carbocycles. The Morgan fingerprint density at radius 3 is 3.00 bits per heavy atom. The minimum Gasteiger partial charge on any atom is -0.339 e. The summed E-state index contributed by atoms with van der Waals surface area (Å²) >= 11 is 1.55. The van der Waals surface area contributed by atoms with E-state index in [1.54, 1.807) is 11.3 Å². The third-order valence-corrected chi connectivity index (χ3v) is 5.54. The first-order valence-corrected chi connectivity index (χ1v) is 8.96. The Hall–Kier alpha value is -2.22. The lowest BCUT2D eigenvalue weighted by Crippen LogP contribution is -2.46. The Kier molecular flexibility index (Phi) is 3.64. The predicted octanol–water partition coefficient (Wildman–Crippen LogP) is 2.45. The van der Waals surface area contributed by atoms with Crippen molar-refractivity contribution >= 4 is 23.3 Å². The maximum Gasteiger partial charge on any atom is 0.325 e. The van der Waals surface area contributed by atoms with Gasteiger partial charge in [-0.3, -0.25) is 9.69 Å². The van der Waals surface area contributed by atoms with Crippen LogP contribution in [0.2, 0.25) is 0 Å². The first-order chi connectivity index (χ1) is 11.6. The quantitative estimate of drug-likeness (QED) is 0.812. The van der Waals surface area contributed by atoms with Gasteiger partial charge in [-0.15, -0.1) is 11.3 Å². The highest BCUT2D eigenvalue weighted by Gasteiger charge is 2.55. The lowest BCUT2D eigenvalue weighted by molar-refractivity contribution is -0.131. The number of amides is 3. The van der Waals surface area contributed by atoms with Crippen LogP contribution in [0.1, 0.15) is 32.1 Å². The third kappa shape index (κ3) is 2.60. The van der Waals surface area contributed by atoms with E-state index in [-0.39, 0.29) is 17.9 Å². The Morgan fingerprint density at radius 2 is 2.29 bits per heavy atom. The molecule has 2 aliphatic rings. The molecule has 24 heavy (non-hydrogen) atoms. The zero-order valence-electron chi connectivity index (χ0n) is 13.3. The fourth-order valence-corrected chi connectivity index (χ4v) is 3.76. The summed E-state index contributed by atoms with van der Waals surface area (Å²) in [6.45, 7) is 2.19. The zero-order chi connectivity index (χ0) is 16.7. The number of nitrogens with one attached hydrogen (secondary N) is 1. The first-order valence-electron chi connectivity index (χ1n) is 8.08. The number of carbonyl (C=O) groups is 2. The monoisotopic (exact) mass is 346 g/mol. The second-order valence-electron chi connectivity index (χ2n) is 6.46. The van der Waals surface area contributed by atoms with Gasteiger partial charge in [0.2, 0.25) is 11.7 Å². The molecule has 126 valence electrons. The normalized spacial score (nSPS) is 23.8. The van der Waals surface area contributed by atoms with Crippen LogP contribution in [-0.4, -0.2) is 39.1 Å². The zero-order valence-corrected chi connectivity index (χ0v) is 14.1. The van der Waals surface area contributed by atoms with Gasteiger partial charge in [0.15, 0.2) is 0 Å². The largest absolute Gasteiger partial charge is 0.339 e. The molecule has 2 fully saturated rings. The van der Waals surface area contributed by atoms with Gasteiger partial charge in [-0.05, 0) is 43.6 Å². The summed E-state index contributed by atoms with van der Waals surface area (Å²) in [6, 6.07) is 3.58. The van der Waals surface area contributed by atoms with E-state index in [0.717, 1.165) is 17.7 Å². The van der Waals surface area contributed by atoms with E-state index >= 15 is 0 Å². The van der Waals surface area contributed by atoms with Gasteiger partial charge in [0.25, 0.3) is 5.91 Å². The molecule has 2 aromatic rings. The molecule has 0 spiro atoms. The molecule has 1 atom stereocenters. The number of aryl methyl sites for hydroxylation is 1. The van der Waals surface area contributed by atoms with E-state index in [1.165, 1.54) is 4.90 Å². The van der Waals surface area contributed by atoms with Gasteiger partial charge in [-0.25, -0.2) is 4.79 Å². The molecular formula is C16H18N4O3S. The van der Waals surface area contributed by atoms with Crippen molar-refractivity contribution in [1.29, 1.82) is 0 Å². The molecule has 1 unspecified atom stereocenters. The van der Waals surface area contributed by atoms with E-state index in [2.05, 4.69) is 15.5 Å². The number of urea groups is 1. The number of rotatable bonds is 6. The second-order valence-corrected chi connectivity index (χ2v) is 7.40. The van der Waals surface area contributed by atoms with Crippen molar-refractivity contribution in [1.82, 2.24) is 20.4 Å². The van der Waals surface area contributed by atoms with Crippen molar-refractivity contribution < 1.29 is 14.1 Å². The molecule has 4 rings (SSSR count). The van der Waals surface area contributed by atoms with Crippen LogP contribution in [0.15, 0.2) is 22.0 Å². The molecule has 1 saturated heterocycles. The van der Waals surface area contributed by atoms with Gasteiger partial charge in [-0.2, -0.15) is 4.98 Å². The van der Waals surface area contributed by atoms with Crippen molar-refractivity contribution in [2.75, 3.05) is 6.54 Å². The lowest BCUT2D eigenvalue weighted by Gasteiger charge is -2.20. The van der Waals surface area contributed by atoms with E-state index in [0.29, 0.717) is 31.1 Å². The van der Waals surface area contributed by atoms with E-state index in [4.69, 9.17) is 4.52 Å². The van der Waals surface area contributed by atoms with Crippen LogP contribution < -0.4 is 5.32 Å². The average Bonchev–Trinajstić information content (AvgIpc) is 3.01. The Bertz CT molecular complexity index is 768. The molecule has 0 radical (unpaired) electrons. The van der Waals surface area contributed by atoms with Crippen molar-refractivity contribution in [2.24, 2.45) is 5.92 Å². The summed E-state index contributed by atoms with van der Waals surface area (Å²) in [5.74, 6) is 1.27. The van der Waals surface area contributed by atoms with Gasteiger partial charge >= 0.3 is 6.03 Å². The third-order valence-electron chi connectivity index (χ3n) is 4.68. The smallest absolute Gasteiger partial charge is 0.325 e. The number of nitrogens with zero attached hydrogens (tertiary/aromatic N) is 3. The minimum atomic E-state index is -0.714. The maximum atomic E-state index is 12.5. The SMILES string of the molecule is CC1(C2CC2)NC(=O)N(CCCc2nc(-c3cccs3)no2)C1=O. The molecule has 7 nitrogen and oxygen atoms in total. The molecule has 2 aromatic heterocycles. The summed E-state index contributed by atoms with van der Waals surface area (Å²) in [7, 11) is 0. The molecular weight excluding hydrogens is 328 g/mol. The van der Waals surface area contributed by atoms with Crippen LogP contribution in [0.4, 0.5) is 4.79 Å². The molecule has 3 heterocycles. The highest BCUT2D eigenvalue weighted by molar-refractivity contribution is 7.13. The predicted molar refractivity (Wildman–Crippen MR) is 87.3 cm³/mol. The molecule has 1 N–H and O–H groups in total. The van der Waals surface area contributed by atoms with Gasteiger partial charge in [0, 0.05) is 13.0 Å². The fraction of sp³-hybridized carbons (Fsp3) is 0.500. The summed E-state index contributed by atoms with van der Waals surface area (Å²) in [4.78, 5) is 31.2. The Balaban J connectivity index is 1.34.